The molecule has 0 amide bonds. The lowest BCUT2D eigenvalue weighted by Gasteiger charge is -2.45. The summed E-state index contributed by atoms with van der Waals surface area (Å²) in [5, 5.41) is 0. The van der Waals surface area contributed by atoms with Crippen LogP contribution in [0.4, 0.5) is 0 Å². The Hall–Kier alpha value is -0.0800. The van der Waals surface area contributed by atoms with E-state index in [1.54, 1.807) is 13.5 Å². The number of fused-ring (bicyclic) bond motifs is 9. The van der Waals surface area contributed by atoms with E-state index in [0.717, 1.165) is 53.3 Å². The third-order valence-electron chi connectivity index (χ3n) is 8.75. The van der Waals surface area contributed by atoms with Crippen LogP contribution in [0.3, 0.4) is 0 Å². The quantitative estimate of drug-likeness (QED) is 0.325. The van der Waals surface area contributed by atoms with Gasteiger partial charge in [0.15, 0.2) is 5.79 Å². The fraction of sp³-hybridized carbons (Fsp3) is 1.00. The zero-order valence-electron chi connectivity index (χ0n) is 22.8. The minimum absolute atomic E-state index is 0.0965. The molecule has 0 heterocycles. The van der Waals surface area contributed by atoms with Gasteiger partial charge in [-0.25, -0.2) is 0 Å². The molecule has 0 radical (unpaired) electrons. The molecule has 0 spiro atoms. The van der Waals surface area contributed by atoms with E-state index >= 15 is 0 Å². The monoisotopic (exact) mass is 424 g/mol. The summed E-state index contributed by atoms with van der Waals surface area (Å²) >= 11 is 0. The molecule has 180 valence electrons. The van der Waals surface area contributed by atoms with E-state index in [-0.39, 0.29) is 5.60 Å². The van der Waals surface area contributed by atoms with Gasteiger partial charge in [0.1, 0.15) is 0 Å². The van der Waals surface area contributed by atoms with Crippen LogP contribution < -0.4 is 0 Å². The molecule has 0 N–H and O–H groups in total. The highest BCUT2D eigenvalue weighted by Crippen LogP contribution is 2.71. The molecule has 0 saturated heterocycles. The summed E-state index contributed by atoms with van der Waals surface area (Å²) in [6, 6.07) is 0. The van der Waals surface area contributed by atoms with Crippen molar-refractivity contribution in [1.29, 1.82) is 0 Å². The van der Waals surface area contributed by atoms with Gasteiger partial charge in [-0.2, -0.15) is 0 Å². The van der Waals surface area contributed by atoms with Crippen molar-refractivity contribution < 1.29 is 9.47 Å². The number of hydrogen-bond donors (Lipinski definition) is 0. The second-order valence-electron chi connectivity index (χ2n) is 10.8. The fourth-order valence-electron chi connectivity index (χ4n) is 7.98. The van der Waals surface area contributed by atoms with Gasteiger partial charge in [-0.3, -0.25) is 0 Å². The van der Waals surface area contributed by atoms with Gasteiger partial charge in [0, 0.05) is 7.11 Å². The fourth-order valence-corrected chi connectivity index (χ4v) is 7.98. The number of hydrogen-bond acceptors (Lipinski definition) is 2. The minimum atomic E-state index is -0.486. The molecule has 4 fully saturated rings. The molecule has 4 aliphatic carbocycles. The van der Waals surface area contributed by atoms with Crippen molar-refractivity contribution in [2.75, 3.05) is 7.11 Å². The van der Waals surface area contributed by atoms with E-state index in [1.165, 1.54) is 19.3 Å². The van der Waals surface area contributed by atoms with Crippen molar-refractivity contribution in [1.82, 2.24) is 0 Å². The Morgan fingerprint density at radius 3 is 1.70 bits per heavy atom. The molecular weight excluding hydrogens is 368 g/mol. The molecule has 2 nitrogen and oxygen atoms in total. The van der Waals surface area contributed by atoms with Gasteiger partial charge >= 0.3 is 0 Å². The van der Waals surface area contributed by atoms with Crippen LogP contribution in [0, 0.1) is 53.3 Å². The summed E-state index contributed by atoms with van der Waals surface area (Å²) in [5.74, 6) is 8.58. The summed E-state index contributed by atoms with van der Waals surface area (Å²) in [5.41, 5.74) is -0.0965. The van der Waals surface area contributed by atoms with Crippen molar-refractivity contribution in [2.24, 2.45) is 53.3 Å². The smallest absolute Gasteiger partial charge is 0.163 e. The van der Waals surface area contributed by atoms with Crippen LogP contribution in [-0.2, 0) is 9.47 Å². The first-order chi connectivity index (χ1) is 14.1. The van der Waals surface area contributed by atoms with Crippen molar-refractivity contribution in [3.05, 3.63) is 0 Å². The molecule has 0 aliphatic heterocycles. The molecule has 4 aliphatic rings. The number of ether oxygens (including phenoxy) is 2. The minimum Gasteiger partial charge on any atom is -0.354 e. The van der Waals surface area contributed by atoms with Gasteiger partial charge < -0.3 is 9.47 Å². The molecule has 0 aromatic carbocycles. The largest absolute Gasteiger partial charge is 0.354 e. The molecular formula is C28H56O2. The van der Waals surface area contributed by atoms with Crippen LogP contribution in [0.2, 0.25) is 0 Å². The maximum Gasteiger partial charge on any atom is 0.163 e. The molecule has 9 atom stereocenters. The molecule has 2 heteroatoms. The Balaban J connectivity index is 0.000000691. The van der Waals surface area contributed by atoms with Gasteiger partial charge in [-0.05, 0) is 107 Å². The molecule has 30 heavy (non-hydrogen) atoms. The Labute approximate surface area is 190 Å². The van der Waals surface area contributed by atoms with Gasteiger partial charge in [-0.15, -0.1) is 0 Å². The lowest BCUT2D eigenvalue weighted by atomic mass is 9.61. The van der Waals surface area contributed by atoms with Crippen LogP contribution >= 0.6 is 0 Å². The Morgan fingerprint density at radius 1 is 0.700 bits per heavy atom. The van der Waals surface area contributed by atoms with Crippen LogP contribution in [0.5, 0.6) is 0 Å². The van der Waals surface area contributed by atoms with Gasteiger partial charge in [0.2, 0.25) is 0 Å². The number of rotatable bonds is 5. The van der Waals surface area contributed by atoms with E-state index < -0.39 is 5.79 Å². The van der Waals surface area contributed by atoms with E-state index in [9.17, 15) is 0 Å². The summed E-state index contributed by atoms with van der Waals surface area (Å²) in [4.78, 5) is 0. The average molecular weight is 425 g/mol. The first-order valence-corrected chi connectivity index (χ1v) is 13.4. The van der Waals surface area contributed by atoms with Crippen LogP contribution in [-0.4, -0.2) is 18.5 Å². The summed E-state index contributed by atoms with van der Waals surface area (Å²) < 4.78 is 11.8. The normalized spacial score (nSPS) is 40.5. The zero-order chi connectivity index (χ0) is 23.4. The van der Waals surface area contributed by atoms with Gasteiger partial charge in [0.25, 0.3) is 0 Å². The predicted molar refractivity (Wildman–Crippen MR) is 132 cm³/mol. The van der Waals surface area contributed by atoms with Crippen molar-refractivity contribution in [3.63, 3.8) is 0 Å². The predicted octanol–water partition coefficient (Wildman–Crippen LogP) is 8.44. The summed E-state index contributed by atoms with van der Waals surface area (Å²) in [6.07, 6.45) is 5.74. The maximum absolute atomic E-state index is 6.33. The lowest BCUT2D eigenvalue weighted by molar-refractivity contribution is -0.255. The number of methoxy groups -OCH3 is 1. The Kier molecular flexibility index (Phi) is 10.4. The third kappa shape index (κ3) is 5.28. The zero-order valence-corrected chi connectivity index (χ0v) is 22.8. The van der Waals surface area contributed by atoms with Crippen molar-refractivity contribution in [3.8, 4) is 0 Å². The van der Waals surface area contributed by atoms with Crippen LogP contribution in [0.15, 0.2) is 0 Å². The van der Waals surface area contributed by atoms with Crippen LogP contribution in [0.1, 0.15) is 109 Å². The van der Waals surface area contributed by atoms with E-state index in [4.69, 9.17) is 9.47 Å². The highest BCUT2D eigenvalue weighted by molar-refractivity contribution is 5.14. The highest BCUT2D eigenvalue weighted by atomic mass is 16.7. The first kappa shape index (κ1) is 28.0. The van der Waals surface area contributed by atoms with E-state index in [0.29, 0.717) is 0 Å². The van der Waals surface area contributed by atoms with Crippen molar-refractivity contribution in [2.45, 2.75) is 120 Å². The summed E-state index contributed by atoms with van der Waals surface area (Å²) in [7, 11) is 1.75. The van der Waals surface area contributed by atoms with Gasteiger partial charge in [-0.1, -0.05) is 55.4 Å². The maximum atomic E-state index is 6.33. The Bertz CT molecular complexity index is 497. The van der Waals surface area contributed by atoms with E-state index in [2.05, 4.69) is 27.7 Å². The third-order valence-corrected chi connectivity index (χ3v) is 8.75. The van der Waals surface area contributed by atoms with E-state index in [1.807, 2.05) is 55.4 Å². The molecule has 9 unspecified atom stereocenters. The molecule has 0 aromatic rings. The first-order valence-electron chi connectivity index (χ1n) is 13.4. The molecule has 4 rings (SSSR count). The Morgan fingerprint density at radius 2 is 1.20 bits per heavy atom. The second-order valence-corrected chi connectivity index (χ2v) is 10.8. The lowest BCUT2D eigenvalue weighted by Crippen LogP contribution is -2.43. The SMILES string of the molecule is CC.CC.CC.COC(C)(C)OC(C)(C)CC1CC2CC1C1C3CC(C(C)C3C)C21. The summed E-state index contributed by atoms with van der Waals surface area (Å²) in [6.45, 7) is 25.7. The second kappa shape index (κ2) is 11.2. The highest BCUT2D eigenvalue weighted by Gasteiger charge is 2.65. The standard InChI is InChI=1S/C22H38O2.3C2H6/c1-12-13(2)17-10-16(12)19-14-8-15(18(9-14)20(17)19)11-21(3,4)24-22(5,6)23-7;3*1-2/h12-20H,8-11H2,1-7H3;3*1-2H3. The molecule has 4 saturated carbocycles. The topological polar surface area (TPSA) is 18.5 Å². The molecule has 4 bridgehead atoms. The van der Waals surface area contributed by atoms with Crippen LogP contribution in [0.25, 0.3) is 0 Å². The molecule has 0 aromatic heterocycles. The van der Waals surface area contributed by atoms with Gasteiger partial charge in [0.05, 0.1) is 5.60 Å². The average Bonchev–Trinajstić information content (AvgIpc) is 3.46. The van der Waals surface area contributed by atoms with Crippen molar-refractivity contribution >= 4 is 0 Å².